The van der Waals surface area contributed by atoms with Gasteiger partial charge in [0.1, 0.15) is 5.75 Å². The molecule has 0 saturated carbocycles. The fourth-order valence-electron chi connectivity index (χ4n) is 1.93. The van der Waals surface area contributed by atoms with Crippen LogP contribution in [0.2, 0.25) is 0 Å². The van der Waals surface area contributed by atoms with E-state index in [1.807, 2.05) is 25.1 Å². The predicted molar refractivity (Wildman–Crippen MR) is 85.9 cm³/mol. The molecule has 0 aliphatic rings. The van der Waals surface area contributed by atoms with Crippen LogP contribution in [0.5, 0.6) is 5.75 Å². The zero-order valence-corrected chi connectivity index (χ0v) is 13.3. The largest absolute Gasteiger partial charge is 0.495 e. The van der Waals surface area contributed by atoms with Crippen LogP contribution in [-0.4, -0.2) is 12.0 Å². The van der Waals surface area contributed by atoms with Crippen LogP contribution in [0.4, 0.5) is 11.4 Å². The second-order valence-corrected chi connectivity index (χ2v) is 5.44. The van der Waals surface area contributed by atoms with Gasteiger partial charge in [0.2, 0.25) is 0 Å². The molecule has 21 heavy (non-hydrogen) atoms. The van der Waals surface area contributed by atoms with Crippen LogP contribution in [0.15, 0.2) is 40.9 Å². The molecule has 6 heteroatoms. The van der Waals surface area contributed by atoms with Gasteiger partial charge >= 0.3 is 0 Å². The lowest BCUT2D eigenvalue weighted by molar-refractivity contribution is -0.384. The van der Waals surface area contributed by atoms with Gasteiger partial charge in [-0.15, -0.1) is 0 Å². The molecule has 0 fully saturated rings. The van der Waals surface area contributed by atoms with Crippen LogP contribution < -0.4 is 10.1 Å². The second-order valence-electron chi connectivity index (χ2n) is 4.59. The van der Waals surface area contributed by atoms with Crippen molar-refractivity contribution in [1.29, 1.82) is 0 Å². The Hall–Kier alpha value is -2.08. The number of rotatable bonds is 5. The first-order valence-electron chi connectivity index (χ1n) is 6.32. The van der Waals surface area contributed by atoms with Crippen molar-refractivity contribution in [3.05, 3.63) is 62.1 Å². The Labute approximate surface area is 131 Å². The van der Waals surface area contributed by atoms with Crippen molar-refractivity contribution in [1.82, 2.24) is 0 Å². The Balaban J connectivity index is 2.22. The summed E-state index contributed by atoms with van der Waals surface area (Å²) in [5.74, 6) is 0.573. The maximum absolute atomic E-state index is 10.8. The Morgan fingerprint density at radius 1 is 1.29 bits per heavy atom. The molecule has 2 aromatic rings. The molecule has 0 aliphatic carbocycles. The quantitative estimate of drug-likeness (QED) is 0.645. The number of nitrogens with zero attached hydrogens (tertiary/aromatic N) is 1. The van der Waals surface area contributed by atoms with E-state index in [1.54, 1.807) is 6.07 Å². The van der Waals surface area contributed by atoms with E-state index in [-0.39, 0.29) is 5.69 Å². The van der Waals surface area contributed by atoms with E-state index in [4.69, 9.17) is 4.74 Å². The van der Waals surface area contributed by atoms with Gasteiger partial charge in [-0.2, -0.15) is 0 Å². The summed E-state index contributed by atoms with van der Waals surface area (Å²) in [6, 6.07) is 10.5. The molecule has 0 bridgehead atoms. The summed E-state index contributed by atoms with van der Waals surface area (Å²) in [5.41, 5.74) is 2.85. The molecule has 2 aromatic carbocycles. The SMILES string of the molecule is COc1ccc([N+](=O)[O-])cc1NCc1ccc(C)cc1Br. The molecule has 5 nitrogen and oxygen atoms in total. The molecule has 0 aliphatic heterocycles. The van der Waals surface area contributed by atoms with Crippen LogP contribution in [0.1, 0.15) is 11.1 Å². The molecule has 0 unspecified atom stereocenters. The summed E-state index contributed by atoms with van der Waals surface area (Å²) in [7, 11) is 1.54. The van der Waals surface area contributed by atoms with E-state index in [0.29, 0.717) is 18.0 Å². The number of benzene rings is 2. The molecule has 0 spiro atoms. The minimum absolute atomic E-state index is 0.0290. The number of nitrogens with one attached hydrogen (secondary N) is 1. The standard InChI is InChI=1S/C15H15BrN2O3/c1-10-3-4-11(13(16)7-10)9-17-14-8-12(18(19)20)5-6-15(14)21-2/h3-8,17H,9H2,1-2H3. The van der Waals surface area contributed by atoms with Gasteiger partial charge in [0, 0.05) is 23.2 Å². The maximum Gasteiger partial charge on any atom is 0.271 e. The van der Waals surface area contributed by atoms with Crippen molar-refractivity contribution in [2.45, 2.75) is 13.5 Å². The molecule has 2 rings (SSSR count). The molecule has 0 radical (unpaired) electrons. The Kier molecular flexibility index (Phi) is 4.80. The topological polar surface area (TPSA) is 64.4 Å². The third-order valence-electron chi connectivity index (χ3n) is 3.07. The number of nitro benzene ring substituents is 1. The smallest absolute Gasteiger partial charge is 0.271 e. The fourth-order valence-corrected chi connectivity index (χ4v) is 2.57. The number of methoxy groups -OCH3 is 1. The van der Waals surface area contributed by atoms with Crippen LogP contribution >= 0.6 is 15.9 Å². The van der Waals surface area contributed by atoms with Crippen molar-refractivity contribution >= 4 is 27.3 Å². The molecule has 0 amide bonds. The van der Waals surface area contributed by atoms with Crippen molar-refractivity contribution in [3.8, 4) is 5.75 Å². The maximum atomic E-state index is 10.8. The number of hydrogen-bond acceptors (Lipinski definition) is 4. The number of halogens is 1. The van der Waals surface area contributed by atoms with Crippen LogP contribution in [0, 0.1) is 17.0 Å². The normalized spacial score (nSPS) is 10.2. The first-order valence-corrected chi connectivity index (χ1v) is 7.12. The number of aryl methyl sites for hydroxylation is 1. The highest BCUT2D eigenvalue weighted by molar-refractivity contribution is 9.10. The second kappa shape index (κ2) is 6.58. The molecular weight excluding hydrogens is 336 g/mol. The van der Waals surface area contributed by atoms with Crippen molar-refractivity contribution in [2.24, 2.45) is 0 Å². The summed E-state index contributed by atoms with van der Waals surface area (Å²) in [5, 5.41) is 14.0. The van der Waals surface area contributed by atoms with Gasteiger partial charge in [-0.1, -0.05) is 28.1 Å². The molecule has 110 valence electrons. The van der Waals surface area contributed by atoms with Gasteiger partial charge in [-0.3, -0.25) is 10.1 Å². The Morgan fingerprint density at radius 3 is 2.67 bits per heavy atom. The molecule has 1 N–H and O–H groups in total. The monoisotopic (exact) mass is 350 g/mol. The van der Waals surface area contributed by atoms with E-state index in [0.717, 1.165) is 10.0 Å². The average Bonchev–Trinajstić information content (AvgIpc) is 2.46. The summed E-state index contributed by atoms with van der Waals surface area (Å²) >= 11 is 3.51. The van der Waals surface area contributed by atoms with Crippen molar-refractivity contribution in [2.75, 3.05) is 12.4 Å². The highest BCUT2D eigenvalue weighted by atomic mass is 79.9. The van der Waals surface area contributed by atoms with Gasteiger partial charge in [0.15, 0.2) is 0 Å². The van der Waals surface area contributed by atoms with Gasteiger partial charge in [0.25, 0.3) is 5.69 Å². The zero-order chi connectivity index (χ0) is 15.4. The lowest BCUT2D eigenvalue weighted by atomic mass is 10.1. The number of non-ortho nitro benzene ring substituents is 1. The summed E-state index contributed by atoms with van der Waals surface area (Å²) in [6.45, 7) is 2.56. The molecular formula is C15H15BrN2O3. The lowest BCUT2D eigenvalue weighted by Crippen LogP contribution is -2.03. The van der Waals surface area contributed by atoms with Crippen molar-refractivity contribution < 1.29 is 9.66 Å². The van der Waals surface area contributed by atoms with E-state index in [1.165, 1.54) is 24.8 Å². The van der Waals surface area contributed by atoms with E-state index >= 15 is 0 Å². The van der Waals surface area contributed by atoms with Crippen LogP contribution in [-0.2, 0) is 6.54 Å². The van der Waals surface area contributed by atoms with E-state index in [2.05, 4.69) is 21.2 Å². The van der Waals surface area contributed by atoms with Crippen LogP contribution in [0.3, 0.4) is 0 Å². The van der Waals surface area contributed by atoms with E-state index < -0.39 is 4.92 Å². The highest BCUT2D eigenvalue weighted by Gasteiger charge is 2.11. The summed E-state index contributed by atoms with van der Waals surface area (Å²) < 4.78 is 6.22. The molecule has 0 heterocycles. The summed E-state index contributed by atoms with van der Waals surface area (Å²) in [6.07, 6.45) is 0. The first-order chi connectivity index (χ1) is 10.0. The van der Waals surface area contributed by atoms with Gasteiger partial charge in [-0.05, 0) is 30.2 Å². The zero-order valence-electron chi connectivity index (χ0n) is 11.7. The van der Waals surface area contributed by atoms with Gasteiger partial charge in [0.05, 0.1) is 17.7 Å². The molecule has 0 aromatic heterocycles. The number of anilines is 1. The lowest BCUT2D eigenvalue weighted by Gasteiger charge is -2.12. The molecule has 0 atom stereocenters. The molecule has 0 saturated heterocycles. The Bertz CT molecular complexity index is 674. The minimum atomic E-state index is -0.424. The highest BCUT2D eigenvalue weighted by Crippen LogP contribution is 2.30. The fraction of sp³-hybridized carbons (Fsp3) is 0.200. The van der Waals surface area contributed by atoms with E-state index in [9.17, 15) is 10.1 Å². The third-order valence-corrected chi connectivity index (χ3v) is 3.81. The van der Waals surface area contributed by atoms with Crippen molar-refractivity contribution in [3.63, 3.8) is 0 Å². The predicted octanol–water partition coefficient (Wildman–Crippen LogP) is 4.29. The minimum Gasteiger partial charge on any atom is -0.495 e. The average molecular weight is 351 g/mol. The number of hydrogen-bond donors (Lipinski definition) is 1. The Morgan fingerprint density at radius 2 is 2.05 bits per heavy atom. The summed E-state index contributed by atoms with van der Waals surface area (Å²) in [4.78, 5) is 10.4. The number of ether oxygens (including phenoxy) is 1. The first kappa shape index (κ1) is 15.3. The van der Waals surface area contributed by atoms with Gasteiger partial charge in [-0.25, -0.2) is 0 Å². The van der Waals surface area contributed by atoms with Gasteiger partial charge < -0.3 is 10.1 Å². The van der Waals surface area contributed by atoms with Crippen LogP contribution in [0.25, 0.3) is 0 Å². The third kappa shape index (κ3) is 3.72. The number of nitro groups is 1.